The van der Waals surface area contributed by atoms with Gasteiger partial charge in [-0.3, -0.25) is 4.79 Å². The SMILES string of the molecule is C=CCn1c(C(=O)NCc2cccc(C(F)(F)F)c2)cc2sccc21. The maximum Gasteiger partial charge on any atom is 0.416 e. The van der Waals surface area contributed by atoms with Gasteiger partial charge in [0.25, 0.3) is 5.91 Å². The summed E-state index contributed by atoms with van der Waals surface area (Å²) in [4.78, 5) is 12.5. The number of aromatic nitrogens is 1. The lowest BCUT2D eigenvalue weighted by Crippen LogP contribution is -2.25. The molecule has 0 aliphatic carbocycles. The van der Waals surface area contributed by atoms with Crippen molar-refractivity contribution in [2.75, 3.05) is 0 Å². The first-order valence-corrected chi connectivity index (χ1v) is 8.40. The fourth-order valence-electron chi connectivity index (χ4n) is 2.62. The van der Waals surface area contributed by atoms with Crippen LogP contribution >= 0.6 is 11.3 Å². The van der Waals surface area contributed by atoms with E-state index in [1.807, 2.05) is 16.0 Å². The van der Waals surface area contributed by atoms with Gasteiger partial charge in [-0.1, -0.05) is 18.2 Å². The van der Waals surface area contributed by atoms with Crippen LogP contribution in [0, 0.1) is 0 Å². The fourth-order valence-corrected chi connectivity index (χ4v) is 3.44. The largest absolute Gasteiger partial charge is 0.416 e. The zero-order chi connectivity index (χ0) is 18.0. The van der Waals surface area contributed by atoms with Crippen LogP contribution in [-0.2, 0) is 19.3 Å². The molecule has 0 aliphatic heterocycles. The van der Waals surface area contributed by atoms with Crippen molar-refractivity contribution in [1.29, 1.82) is 0 Å². The minimum Gasteiger partial charge on any atom is -0.347 e. The summed E-state index contributed by atoms with van der Waals surface area (Å²) >= 11 is 1.52. The van der Waals surface area contributed by atoms with E-state index in [2.05, 4.69) is 11.9 Å². The van der Waals surface area contributed by atoms with Gasteiger partial charge in [-0.15, -0.1) is 17.9 Å². The molecule has 2 heterocycles. The Balaban J connectivity index is 1.78. The monoisotopic (exact) mass is 364 g/mol. The number of amides is 1. The van der Waals surface area contributed by atoms with Crippen LogP contribution in [0.4, 0.5) is 13.2 Å². The Kier molecular flexibility index (Phi) is 4.67. The van der Waals surface area contributed by atoms with Crippen LogP contribution in [0.15, 0.2) is 54.4 Å². The number of thiophene rings is 1. The molecule has 0 radical (unpaired) electrons. The highest BCUT2D eigenvalue weighted by Gasteiger charge is 2.30. The van der Waals surface area contributed by atoms with Crippen LogP contribution in [0.2, 0.25) is 0 Å². The smallest absolute Gasteiger partial charge is 0.347 e. The Bertz CT molecular complexity index is 924. The predicted molar refractivity (Wildman–Crippen MR) is 92.6 cm³/mol. The Hall–Kier alpha value is -2.54. The molecule has 7 heteroatoms. The van der Waals surface area contributed by atoms with Crippen LogP contribution in [0.25, 0.3) is 10.2 Å². The van der Waals surface area contributed by atoms with E-state index in [-0.39, 0.29) is 12.5 Å². The van der Waals surface area contributed by atoms with Gasteiger partial charge in [-0.2, -0.15) is 13.2 Å². The third kappa shape index (κ3) is 3.61. The zero-order valence-electron chi connectivity index (χ0n) is 13.1. The van der Waals surface area contributed by atoms with E-state index in [1.165, 1.54) is 17.4 Å². The van der Waals surface area contributed by atoms with Crippen molar-refractivity contribution in [3.05, 3.63) is 71.3 Å². The first kappa shape index (κ1) is 17.3. The van der Waals surface area contributed by atoms with Gasteiger partial charge in [0.15, 0.2) is 0 Å². The van der Waals surface area contributed by atoms with E-state index in [0.29, 0.717) is 17.8 Å². The number of alkyl halides is 3. The van der Waals surface area contributed by atoms with Crippen molar-refractivity contribution in [3.8, 4) is 0 Å². The summed E-state index contributed by atoms with van der Waals surface area (Å²) < 4.78 is 41.1. The Morgan fingerprint density at radius 2 is 2.08 bits per heavy atom. The van der Waals surface area contributed by atoms with E-state index < -0.39 is 11.7 Å². The third-order valence-corrected chi connectivity index (χ3v) is 4.63. The van der Waals surface area contributed by atoms with Gasteiger partial charge >= 0.3 is 6.18 Å². The van der Waals surface area contributed by atoms with E-state index >= 15 is 0 Å². The molecule has 0 bridgehead atoms. The number of rotatable bonds is 5. The van der Waals surface area contributed by atoms with E-state index in [9.17, 15) is 18.0 Å². The summed E-state index contributed by atoms with van der Waals surface area (Å²) in [6.07, 6.45) is -2.70. The third-order valence-electron chi connectivity index (χ3n) is 3.77. The zero-order valence-corrected chi connectivity index (χ0v) is 14.0. The highest BCUT2D eigenvalue weighted by Crippen LogP contribution is 2.29. The molecule has 0 unspecified atom stereocenters. The summed E-state index contributed by atoms with van der Waals surface area (Å²) in [6, 6.07) is 8.64. The molecule has 1 N–H and O–H groups in total. The number of carbonyl (C=O) groups is 1. The first-order valence-electron chi connectivity index (χ1n) is 7.52. The second-order valence-electron chi connectivity index (χ2n) is 5.48. The highest BCUT2D eigenvalue weighted by atomic mass is 32.1. The number of nitrogens with zero attached hydrogens (tertiary/aromatic N) is 1. The van der Waals surface area contributed by atoms with Crippen molar-refractivity contribution in [1.82, 2.24) is 9.88 Å². The molecule has 0 fully saturated rings. The lowest BCUT2D eigenvalue weighted by atomic mass is 10.1. The molecule has 1 amide bonds. The maximum atomic E-state index is 12.8. The van der Waals surface area contributed by atoms with E-state index in [0.717, 1.165) is 22.3 Å². The number of nitrogens with one attached hydrogen (secondary N) is 1. The van der Waals surface area contributed by atoms with Crippen molar-refractivity contribution in [3.63, 3.8) is 0 Å². The van der Waals surface area contributed by atoms with Crippen molar-refractivity contribution in [2.24, 2.45) is 0 Å². The second-order valence-corrected chi connectivity index (χ2v) is 6.43. The molecule has 0 saturated heterocycles. The quantitative estimate of drug-likeness (QED) is 0.646. The summed E-state index contributed by atoms with van der Waals surface area (Å²) in [7, 11) is 0. The lowest BCUT2D eigenvalue weighted by molar-refractivity contribution is -0.137. The van der Waals surface area contributed by atoms with Crippen LogP contribution in [0.1, 0.15) is 21.6 Å². The molecule has 130 valence electrons. The van der Waals surface area contributed by atoms with Crippen LogP contribution in [-0.4, -0.2) is 10.5 Å². The van der Waals surface area contributed by atoms with Crippen molar-refractivity contribution < 1.29 is 18.0 Å². The molecular formula is C18H15F3N2OS. The van der Waals surface area contributed by atoms with E-state index in [4.69, 9.17) is 0 Å². The molecular weight excluding hydrogens is 349 g/mol. The van der Waals surface area contributed by atoms with Gasteiger partial charge in [-0.05, 0) is 35.2 Å². The van der Waals surface area contributed by atoms with Gasteiger partial charge < -0.3 is 9.88 Å². The number of hydrogen-bond donors (Lipinski definition) is 1. The molecule has 3 nitrogen and oxygen atoms in total. The van der Waals surface area contributed by atoms with Gasteiger partial charge in [0.1, 0.15) is 5.69 Å². The number of carbonyl (C=O) groups excluding carboxylic acids is 1. The van der Waals surface area contributed by atoms with E-state index in [1.54, 1.807) is 18.2 Å². The number of benzene rings is 1. The van der Waals surface area contributed by atoms with Crippen LogP contribution in [0.5, 0.6) is 0 Å². The van der Waals surface area contributed by atoms with Gasteiger partial charge in [0.05, 0.1) is 15.8 Å². The fraction of sp³-hybridized carbons (Fsp3) is 0.167. The standard InChI is InChI=1S/C18H15F3N2OS/c1-2-7-23-14-6-8-25-16(14)10-15(23)17(24)22-11-12-4-3-5-13(9-12)18(19,20)21/h2-6,8-10H,1,7,11H2,(H,22,24). The second kappa shape index (κ2) is 6.76. The predicted octanol–water partition coefficient (Wildman–Crippen LogP) is 4.84. The van der Waals surface area contributed by atoms with Crippen molar-refractivity contribution in [2.45, 2.75) is 19.3 Å². The van der Waals surface area contributed by atoms with Crippen LogP contribution < -0.4 is 5.32 Å². The highest BCUT2D eigenvalue weighted by molar-refractivity contribution is 7.17. The summed E-state index contributed by atoms with van der Waals surface area (Å²) in [6.45, 7) is 4.20. The molecule has 2 aromatic heterocycles. The Morgan fingerprint density at radius 1 is 1.28 bits per heavy atom. The summed E-state index contributed by atoms with van der Waals surface area (Å²) in [5.41, 5.74) is 1.07. The van der Waals surface area contributed by atoms with Gasteiger partial charge in [-0.25, -0.2) is 0 Å². The number of hydrogen-bond acceptors (Lipinski definition) is 2. The van der Waals surface area contributed by atoms with Crippen LogP contribution in [0.3, 0.4) is 0 Å². The molecule has 25 heavy (non-hydrogen) atoms. The molecule has 0 spiro atoms. The van der Waals surface area contributed by atoms with Gasteiger partial charge in [0, 0.05) is 13.1 Å². The average molecular weight is 364 g/mol. The summed E-state index contributed by atoms with van der Waals surface area (Å²) in [5.74, 6) is -0.331. The normalized spacial score (nSPS) is 11.6. The minimum absolute atomic E-state index is 0.0235. The first-order chi connectivity index (χ1) is 11.9. The summed E-state index contributed by atoms with van der Waals surface area (Å²) in [5, 5.41) is 4.63. The molecule has 0 saturated carbocycles. The molecule has 0 atom stereocenters. The number of allylic oxidation sites excluding steroid dienone is 1. The average Bonchev–Trinajstić information content (AvgIpc) is 3.15. The molecule has 1 aromatic carbocycles. The number of fused-ring (bicyclic) bond motifs is 1. The Morgan fingerprint density at radius 3 is 2.80 bits per heavy atom. The van der Waals surface area contributed by atoms with Crippen molar-refractivity contribution >= 4 is 27.5 Å². The minimum atomic E-state index is -4.40. The van der Waals surface area contributed by atoms with Gasteiger partial charge in [0.2, 0.25) is 0 Å². The molecule has 3 rings (SSSR count). The Labute approximate surface area is 146 Å². The lowest BCUT2D eigenvalue weighted by Gasteiger charge is -2.11. The number of halogens is 3. The maximum absolute atomic E-state index is 12.8. The molecule has 0 aliphatic rings. The molecule has 3 aromatic rings. The topological polar surface area (TPSA) is 34.0 Å².